The molecule has 0 aliphatic rings. The van der Waals surface area contributed by atoms with E-state index in [0.717, 1.165) is 46.4 Å². The van der Waals surface area contributed by atoms with Crippen LogP contribution in [-0.2, 0) is 16.2 Å². The molecule has 3 rings (SSSR count). The average molecular weight is 461 g/mol. The lowest BCUT2D eigenvalue weighted by Crippen LogP contribution is -2.21. The van der Waals surface area contributed by atoms with Crippen LogP contribution in [-0.4, -0.2) is 36.8 Å². The van der Waals surface area contributed by atoms with Crippen LogP contribution in [0, 0.1) is 12.7 Å². The summed E-state index contributed by atoms with van der Waals surface area (Å²) in [6, 6.07) is 7.33. The minimum absolute atomic E-state index is 0.120. The van der Waals surface area contributed by atoms with Crippen LogP contribution >= 0.6 is 11.8 Å². The Balaban J connectivity index is 2.31. The number of hydrogen-bond acceptors (Lipinski definition) is 4. The molecule has 0 amide bonds. The topological polar surface area (TPSA) is 42.3 Å². The molecular formula is C20H20F4N2O2S2. The molecule has 4 nitrogen and oxygen atoms in total. The fourth-order valence-corrected chi connectivity index (χ4v) is 5.71. The number of fused-ring (bicyclic) bond motifs is 1. The van der Waals surface area contributed by atoms with Gasteiger partial charge in [0, 0.05) is 16.0 Å². The SMILES string of the molecule is Cc1c(SC(C)N(C)C)c2cc(C(F)(F)F)ccc2n1S(=O)(=O)c1ccc(F)cc1. The van der Waals surface area contributed by atoms with Gasteiger partial charge in [-0.3, -0.25) is 4.90 Å². The maximum absolute atomic E-state index is 13.3. The summed E-state index contributed by atoms with van der Waals surface area (Å²) >= 11 is 1.27. The van der Waals surface area contributed by atoms with Gasteiger partial charge < -0.3 is 0 Å². The second-order valence-corrected chi connectivity index (χ2v) is 10.2. The van der Waals surface area contributed by atoms with E-state index in [2.05, 4.69) is 0 Å². The van der Waals surface area contributed by atoms with Crippen molar-refractivity contribution < 1.29 is 26.0 Å². The van der Waals surface area contributed by atoms with Crippen LogP contribution in [0.15, 0.2) is 52.3 Å². The third-order valence-electron chi connectivity index (χ3n) is 4.79. The fourth-order valence-electron chi connectivity index (χ4n) is 2.99. The van der Waals surface area contributed by atoms with Crippen molar-refractivity contribution in [2.75, 3.05) is 14.1 Å². The first-order valence-corrected chi connectivity index (χ1v) is 11.2. The van der Waals surface area contributed by atoms with E-state index >= 15 is 0 Å². The van der Waals surface area contributed by atoms with Crippen molar-refractivity contribution in [1.82, 2.24) is 8.87 Å². The summed E-state index contributed by atoms with van der Waals surface area (Å²) in [5.41, 5.74) is -0.420. The molecule has 1 atom stereocenters. The highest BCUT2D eigenvalue weighted by Gasteiger charge is 2.33. The van der Waals surface area contributed by atoms with Gasteiger partial charge in [0.05, 0.1) is 21.3 Å². The standard InChI is InChI=1S/C20H20F4N2O2S2/c1-12-19(29-13(2)25(3)4)17-11-14(20(22,23)24)5-10-18(17)26(12)30(27,28)16-8-6-15(21)7-9-16/h5-11,13H,1-4H3. The second-order valence-electron chi connectivity index (χ2n) is 7.05. The number of benzene rings is 2. The zero-order valence-corrected chi connectivity index (χ0v) is 18.3. The quantitative estimate of drug-likeness (QED) is 0.293. The molecular weight excluding hydrogens is 440 g/mol. The van der Waals surface area contributed by atoms with Crippen LogP contribution in [0.3, 0.4) is 0 Å². The maximum Gasteiger partial charge on any atom is 0.416 e. The normalized spacial score (nSPS) is 13.9. The molecule has 0 bridgehead atoms. The molecule has 1 unspecified atom stereocenters. The third-order valence-corrected chi connectivity index (χ3v) is 8.12. The van der Waals surface area contributed by atoms with Gasteiger partial charge in [0.1, 0.15) is 5.82 Å². The molecule has 162 valence electrons. The average Bonchev–Trinajstić information content (AvgIpc) is 2.93. The number of aromatic nitrogens is 1. The number of halogens is 4. The highest BCUT2D eigenvalue weighted by molar-refractivity contribution is 8.00. The predicted molar refractivity (Wildman–Crippen MR) is 110 cm³/mol. The number of nitrogens with zero attached hydrogens (tertiary/aromatic N) is 2. The smallest absolute Gasteiger partial charge is 0.298 e. The number of hydrogen-bond donors (Lipinski definition) is 0. The Morgan fingerprint density at radius 3 is 2.20 bits per heavy atom. The molecule has 0 N–H and O–H groups in total. The first-order valence-electron chi connectivity index (χ1n) is 8.90. The Hall–Kier alpha value is -2.04. The lowest BCUT2D eigenvalue weighted by Gasteiger charge is -2.19. The fraction of sp³-hybridized carbons (Fsp3) is 0.300. The molecule has 0 radical (unpaired) electrons. The van der Waals surface area contributed by atoms with Crippen molar-refractivity contribution in [3.05, 3.63) is 59.5 Å². The lowest BCUT2D eigenvalue weighted by atomic mass is 10.1. The van der Waals surface area contributed by atoms with Crippen molar-refractivity contribution in [2.24, 2.45) is 0 Å². The third kappa shape index (κ3) is 4.08. The number of thioether (sulfide) groups is 1. The predicted octanol–water partition coefficient (Wildman–Crippen LogP) is 5.34. The van der Waals surface area contributed by atoms with Gasteiger partial charge in [-0.25, -0.2) is 16.8 Å². The van der Waals surface area contributed by atoms with Crippen LogP contribution in [0.25, 0.3) is 10.9 Å². The van der Waals surface area contributed by atoms with Crippen molar-refractivity contribution >= 4 is 32.7 Å². The maximum atomic E-state index is 13.3. The summed E-state index contributed by atoms with van der Waals surface area (Å²) in [4.78, 5) is 2.17. The van der Waals surface area contributed by atoms with E-state index in [-0.39, 0.29) is 21.2 Å². The van der Waals surface area contributed by atoms with Crippen LogP contribution in [0.2, 0.25) is 0 Å². The molecule has 30 heavy (non-hydrogen) atoms. The minimum Gasteiger partial charge on any atom is -0.298 e. The van der Waals surface area contributed by atoms with E-state index in [0.29, 0.717) is 10.6 Å². The Bertz CT molecular complexity index is 1180. The van der Waals surface area contributed by atoms with E-state index in [1.807, 2.05) is 25.9 Å². The summed E-state index contributed by atoms with van der Waals surface area (Å²) in [5, 5.41) is 0.0810. The summed E-state index contributed by atoms with van der Waals surface area (Å²) in [6.07, 6.45) is -4.56. The van der Waals surface area contributed by atoms with Gasteiger partial charge in [-0.05, 0) is 70.4 Å². The van der Waals surface area contributed by atoms with E-state index in [1.54, 1.807) is 6.92 Å². The van der Waals surface area contributed by atoms with Gasteiger partial charge in [-0.2, -0.15) is 13.2 Å². The number of alkyl halides is 3. The molecule has 0 aliphatic heterocycles. The van der Waals surface area contributed by atoms with Gasteiger partial charge in [-0.1, -0.05) is 0 Å². The molecule has 0 aliphatic carbocycles. The van der Waals surface area contributed by atoms with Crippen LogP contribution in [0.5, 0.6) is 0 Å². The van der Waals surface area contributed by atoms with Gasteiger partial charge in [0.15, 0.2) is 0 Å². The Morgan fingerprint density at radius 2 is 1.67 bits per heavy atom. The monoisotopic (exact) mass is 460 g/mol. The van der Waals surface area contributed by atoms with Crippen LogP contribution in [0.4, 0.5) is 17.6 Å². The summed E-state index contributed by atoms with van der Waals surface area (Å²) in [7, 11) is -0.511. The highest BCUT2D eigenvalue weighted by atomic mass is 32.2. The first-order chi connectivity index (χ1) is 13.8. The van der Waals surface area contributed by atoms with Gasteiger partial charge >= 0.3 is 6.18 Å². The van der Waals surface area contributed by atoms with Gasteiger partial charge in [0.25, 0.3) is 10.0 Å². The summed E-state index contributed by atoms with van der Waals surface area (Å²) in [5.74, 6) is -0.589. The molecule has 2 aromatic carbocycles. The second kappa shape index (κ2) is 7.90. The Labute approximate surface area is 176 Å². The largest absolute Gasteiger partial charge is 0.416 e. The lowest BCUT2D eigenvalue weighted by molar-refractivity contribution is -0.137. The minimum atomic E-state index is -4.56. The highest BCUT2D eigenvalue weighted by Crippen LogP contribution is 2.41. The summed E-state index contributed by atoms with van der Waals surface area (Å²) < 4.78 is 80.8. The zero-order chi connectivity index (χ0) is 22.4. The molecule has 1 aromatic heterocycles. The van der Waals surface area contributed by atoms with E-state index in [9.17, 15) is 26.0 Å². The zero-order valence-electron chi connectivity index (χ0n) is 16.7. The Kier molecular flexibility index (Phi) is 5.96. The van der Waals surface area contributed by atoms with Crippen molar-refractivity contribution in [3.8, 4) is 0 Å². The molecule has 0 saturated heterocycles. The van der Waals surface area contributed by atoms with E-state index < -0.39 is 27.6 Å². The van der Waals surface area contributed by atoms with Crippen molar-refractivity contribution in [1.29, 1.82) is 0 Å². The molecule has 1 heterocycles. The number of rotatable bonds is 5. The van der Waals surface area contributed by atoms with Crippen LogP contribution in [0.1, 0.15) is 18.2 Å². The van der Waals surface area contributed by atoms with Crippen LogP contribution < -0.4 is 0 Å². The molecule has 3 aromatic rings. The van der Waals surface area contributed by atoms with Crippen molar-refractivity contribution in [2.45, 2.75) is 35.2 Å². The van der Waals surface area contributed by atoms with E-state index in [4.69, 9.17) is 0 Å². The van der Waals surface area contributed by atoms with Crippen molar-refractivity contribution in [3.63, 3.8) is 0 Å². The molecule has 0 spiro atoms. The molecule has 10 heteroatoms. The summed E-state index contributed by atoms with van der Waals surface area (Å²) in [6.45, 7) is 3.43. The van der Waals surface area contributed by atoms with Gasteiger partial charge in [-0.15, -0.1) is 11.8 Å². The van der Waals surface area contributed by atoms with Gasteiger partial charge in [0.2, 0.25) is 0 Å². The molecule has 0 saturated carbocycles. The first kappa shape index (κ1) is 22.6. The van der Waals surface area contributed by atoms with E-state index in [1.165, 1.54) is 11.8 Å². The Morgan fingerprint density at radius 1 is 1.07 bits per heavy atom. The molecule has 0 fully saturated rings.